The first kappa shape index (κ1) is 15.6. The molecule has 0 unspecified atom stereocenters. The largest absolute Gasteiger partial charge is 0.495 e. The van der Waals surface area contributed by atoms with Gasteiger partial charge in [0.25, 0.3) is 0 Å². The standard InChI is InChI=1S/C16H24N2O3/c1-3-4-5-16(19)17-14-12-13(6-7-15(14)20-2)18-8-10-21-11-9-18/h6-7,12H,3-5,8-11H2,1-2H3,(H,17,19). The number of amides is 1. The van der Waals surface area contributed by atoms with Gasteiger partial charge in [-0.3, -0.25) is 4.79 Å². The number of nitrogens with zero attached hydrogens (tertiary/aromatic N) is 1. The molecule has 1 aromatic carbocycles. The minimum Gasteiger partial charge on any atom is -0.495 e. The smallest absolute Gasteiger partial charge is 0.224 e. The van der Waals surface area contributed by atoms with Gasteiger partial charge < -0.3 is 19.7 Å². The first-order valence-electron chi connectivity index (χ1n) is 7.55. The third kappa shape index (κ3) is 4.36. The lowest BCUT2D eigenvalue weighted by atomic mass is 10.2. The van der Waals surface area contributed by atoms with Gasteiger partial charge in [-0.25, -0.2) is 0 Å². The number of carbonyl (C=O) groups excluding carboxylic acids is 1. The number of hydrogen-bond donors (Lipinski definition) is 1. The third-order valence-electron chi connectivity index (χ3n) is 3.59. The second-order valence-corrected chi connectivity index (χ2v) is 5.14. The van der Waals surface area contributed by atoms with Crippen molar-refractivity contribution in [2.45, 2.75) is 26.2 Å². The van der Waals surface area contributed by atoms with E-state index in [2.05, 4.69) is 17.1 Å². The van der Waals surface area contributed by atoms with Gasteiger partial charge in [-0.1, -0.05) is 13.3 Å². The van der Waals surface area contributed by atoms with Crippen molar-refractivity contribution in [3.63, 3.8) is 0 Å². The molecule has 1 fully saturated rings. The number of unbranched alkanes of at least 4 members (excludes halogenated alkanes) is 1. The van der Waals surface area contributed by atoms with Gasteiger partial charge in [-0.05, 0) is 24.6 Å². The van der Waals surface area contributed by atoms with Crippen LogP contribution in [-0.4, -0.2) is 39.3 Å². The van der Waals surface area contributed by atoms with Crippen LogP contribution < -0.4 is 15.0 Å². The van der Waals surface area contributed by atoms with E-state index in [1.54, 1.807) is 7.11 Å². The molecular weight excluding hydrogens is 268 g/mol. The van der Waals surface area contributed by atoms with Gasteiger partial charge in [-0.15, -0.1) is 0 Å². The molecule has 1 aliphatic rings. The number of nitrogens with one attached hydrogen (secondary N) is 1. The number of ether oxygens (including phenoxy) is 2. The van der Waals surface area contributed by atoms with E-state index in [1.165, 1.54) is 0 Å². The molecule has 0 radical (unpaired) electrons. The van der Waals surface area contributed by atoms with Crippen LogP contribution in [0.15, 0.2) is 18.2 Å². The van der Waals surface area contributed by atoms with Gasteiger partial charge in [0.05, 0.1) is 26.0 Å². The van der Waals surface area contributed by atoms with Crippen LogP contribution in [0.1, 0.15) is 26.2 Å². The Morgan fingerprint density at radius 2 is 2.14 bits per heavy atom. The summed E-state index contributed by atoms with van der Waals surface area (Å²) in [7, 11) is 1.62. The average molecular weight is 292 g/mol. The first-order chi connectivity index (χ1) is 10.2. The van der Waals surface area contributed by atoms with Crippen molar-refractivity contribution in [1.29, 1.82) is 0 Å². The van der Waals surface area contributed by atoms with E-state index in [0.29, 0.717) is 12.2 Å². The van der Waals surface area contributed by atoms with Crippen molar-refractivity contribution in [1.82, 2.24) is 0 Å². The highest BCUT2D eigenvalue weighted by Crippen LogP contribution is 2.30. The molecule has 0 bridgehead atoms. The predicted molar refractivity (Wildman–Crippen MR) is 84.2 cm³/mol. The number of rotatable bonds is 6. The number of morpholine rings is 1. The Hall–Kier alpha value is -1.75. The second-order valence-electron chi connectivity index (χ2n) is 5.14. The summed E-state index contributed by atoms with van der Waals surface area (Å²) in [4.78, 5) is 14.2. The van der Waals surface area contributed by atoms with Crippen LogP contribution in [0.3, 0.4) is 0 Å². The van der Waals surface area contributed by atoms with Gasteiger partial charge in [0.1, 0.15) is 5.75 Å². The van der Waals surface area contributed by atoms with Crippen LogP contribution in [0.2, 0.25) is 0 Å². The predicted octanol–water partition coefficient (Wildman–Crippen LogP) is 2.66. The van der Waals surface area contributed by atoms with Crippen molar-refractivity contribution >= 4 is 17.3 Å². The highest BCUT2D eigenvalue weighted by Gasteiger charge is 2.14. The molecule has 1 amide bonds. The van der Waals surface area contributed by atoms with E-state index >= 15 is 0 Å². The Morgan fingerprint density at radius 3 is 2.81 bits per heavy atom. The molecule has 0 atom stereocenters. The molecule has 0 saturated carbocycles. The van der Waals surface area contributed by atoms with E-state index in [9.17, 15) is 4.79 Å². The summed E-state index contributed by atoms with van der Waals surface area (Å²) >= 11 is 0. The fourth-order valence-corrected chi connectivity index (χ4v) is 2.36. The maximum atomic E-state index is 11.9. The normalized spacial score (nSPS) is 14.9. The van der Waals surface area contributed by atoms with Crippen molar-refractivity contribution in [3.8, 4) is 5.75 Å². The highest BCUT2D eigenvalue weighted by molar-refractivity contribution is 5.93. The molecule has 1 heterocycles. The van der Waals surface area contributed by atoms with Crippen molar-refractivity contribution in [3.05, 3.63) is 18.2 Å². The fourth-order valence-electron chi connectivity index (χ4n) is 2.36. The fraction of sp³-hybridized carbons (Fsp3) is 0.562. The summed E-state index contributed by atoms with van der Waals surface area (Å²) in [6, 6.07) is 5.90. The maximum absolute atomic E-state index is 11.9. The van der Waals surface area contributed by atoms with Gasteiger partial charge >= 0.3 is 0 Å². The number of anilines is 2. The number of methoxy groups -OCH3 is 1. The Bertz CT molecular complexity index is 471. The second kappa shape index (κ2) is 7.88. The minimum atomic E-state index is 0.0364. The van der Waals surface area contributed by atoms with E-state index in [1.807, 2.05) is 18.2 Å². The lowest BCUT2D eigenvalue weighted by molar-refractivity contribution is -0.116. The average Bonchev–Trinajstić information content (AvgIpc) is 2.53. The van der Waals surface area contributed by atoms with Gasteiger partial charge in [0.2, 0.25) is 5.91 Å². The monoisotopic (exact) mass is 292 g/mol. The Balaban J connectivity index is 2.11. The molecule has 0 spiro atoms. The van der Waals surface area contributed by atoms with Gasteiger partial charge in [0.15, 0.2) is 0 Å². The minimum absolute atomic E-state index is 0.0364. The zero-order valence-corrected chi connectivity index (χ0v) is 12.9. The van der Waals surface area contributed by atoms with Gasteiger partial charge in [0, 0.05) is 25.2 Å². The topological polar surface area (TPSA) is 50.8 Å². The Kier molecular flexibility index (Phi) is 5.87. The summed E-state index contributed by atoms with van der Waals surface area (Å²) in [5, 5.41) is 2.95. The quantitative estimate of drug-likeness (QED) is 0.876. The molecule has 1 N–H and O–H groups in total. The van der Waals surface area contributed by atoms with Gasteiger partial charge in [-0.2, -0.15) is 0 Å². The molecule has 5 heteroatoms. The lowest BCUT2D eigenvalue weighted by Crippen LogP contribution is -2.36. The SMILES string of the molecule is CCCCC(=O)Nc1cc(N2CCOCC2)ccc1OC. The summed E-state index contributed by atoms with van der Waals surface area (Å²) < 4.78 is 10.7. The van der Waals surface area contributed by atoms with Crippen molar-refractivity contribution < 1.29 is 14.3 Å². The summed E-state index contributed by atoms with van der Waals surface area (Å²) in [5.41, 5.74) is 1.83. The van der Waals surface area contributed by atoms with Crippen LogP contribution in [0.4, 0.5) is 11.4 Å². The summed E-state index contributed by atoms with van der Waals surface area (Å²) in [6.07, 6.45) is 2.46. The summed E-state index contributed by atoms with van der Waals surface area (Å²) in [5.74, 6) is 0.728. The first-order valence-corrected chi connectivity index (χ1v) is 7.55. The molecule has 21 heavy (non-hydrogen) atoms. The molecule has 1 aliphatic heterocycles. The maximum Gasteiger partial charge on any atom is 0.224 e. The number of hydrogen-bond acceptors (Lipinski definition) is 4. The van der Waals surface area contributed by atoms with Crippen LogP contribution in [0.5, 0.6) is 5.75 Å². The lowest BCUT2D eigenvalue weighted by Gasteiger charge is -2.29. The third-order valence-corrected chi connectivity index (χ3v) is 3.59. The van der Waals surface area contributed by atoms with E-state index < -0.39 is 0 Å². The van der Waals surface area contributed by atoms with Crippen molar-refractivity contribution in [2.24, 2.45) is 0 Å². The molecular formula is C16H24N2O3. The van der Waals surface area contributed by atoms with Crippen LogP contribution in [0.25, 0.3) is 0 Å². The van der Waals surface area contributed by atoms with E-state index in [-0.39, 0.29) is 5.91 Å². The van der Waals surface area contributed by atoms with E-state index in [4.69, 9.17) is 9.47 Å². The zero-order chi connectivity index (χ0) is 15.1. The van der Waals surface area contributed by atoms with Crippen LogP contribution in [0, 0.1) is 0 Å². The van der Waals surface area contributed by atoms with E-state index in [0.717, 1.165) is 50.5 Å². The van der Waals surface area contributed by atoms with Crippen LogP contribution >= 0.6 is 0 Å². The molecule has 1 saturated heterocycles. The Labute approximate surface area is 126 Å². The number of carbonyl (C=O) groups is 1. The molecule has 1 aromatic rings. The molecule has 0 aromatic heterocycles. The molecule has 0 aliphatic carbocycles. The van der Waals surface area contributed by atoms with Crippen LogP contribution in [-0.2, 0) is 9.53 Å². The van der Waals surface area contributed by atoms with Crippen molar-refractivity contribution in [2.75, 3.05) is 43.6 Å². The summed E-state index contributed by atoms with van der Waals surface area (Å²) in [6.45, 7) is 5.30. The Morgan fingerprint density at radius 1 is 1.38 bits per heavy atom. The molecule has 2 rings (SSSR count). The zero-order valence-electron chi connectivity index (χ0n) is 12.9. The highest BCUT2D eigenvalue weighted by atomic mass is 16.5. The molecule has 5 nitrogen and oxygen atoms in total. The number of benzene rings is 1. The molecule has 116 valence electrons.